The van der Waals surface area contributed by atoms with Crippen molar-refractivity contribution in [1.82, 2.24) is 14.9 Å². The third kappa shape index (κ3) is 4.51. The van der Waals surface area contributed by atoms with Gasteiger partial charge >= 0.3 is 5.97 Å². The lowest BCUT2D eigenvalue weighted by Gasteiger charge is -2.25. The smallest absolute Gasteiger partial charge is 0.337 e. The van der Waals surface area contributed by atoms with E-state index >= 15 is 0 Å². The van der Waals surface area contributed by atoms with Crippen molar-refractivity contribution in [3.8, 4) is 11.3 Å². The fraction of sp³-hybridized carbons (Fsp3) is 0.429. The summed E-state index contributed by atoms with van der Waals surface area (Å²) in [5.74, 6) is -0.346. The topological polar surface area (TPSA) is 83.4 Å². The molecule has 27 heavy (non-hydrogen) atoms. The van der Waals surface area contributed by atoms with E-state index in [0.717, 1.165) is 31.5 Å². The highest BCUT2D eigenvalue weighted by Gasteiger charge is 2.32. The van der Waals surface area contributed by atoms with Crippen molar-refractivity contribution in [1.29, 1.82) is 0 Å². The van der Waals surface area contributed by atoms with E-state index < -0.39 is 5.97 Å². The summed E-state index contributed by atoms with van der Waals surface area (Å²) in [6, 6.07) is 5.49. The van der Waals surface area contributed by atoms with Gasteiger partial charge in [-0.2, -0.15) is 0 Å². The quantitative estimate of drug-likeness (QED) is 0.897. The number of carbonyl (C=O) groups excluding carboxylic acids is 1. The van der Waals surface area contributed by atoms with E-state index in [2.05, 4.69) is 9.97 Å². The van der Waals surface area contributed by atoms with Crippen molar-refractivity contribution in [3.63, 3.8) is 0 Å². The van der Waals surface area contributed by atoms with Crippen LogP contribution < -0.4 is 0 Å². The van der Waals surface area contributed by atoms with E-state index in [9.17, 15) is 9.59 Å². The molecule has 1 aliphatic rings. The molecule has 2 aromatic rings. The summed E-state index contributed by atoms with van der Waals surface area (Å²) in [5, 5.41) is 9.08. The number of carboxylic acids is 1. The number of carboxylic acid groups (broad SMARTS) is 1. The molecule has 0 bridgehead atoms. The first-order chi connectivity index (χ1) is 12.7. The number of hydrogen-bond donors (Lipinski definition) is 1. The number of amides is 1. The molecule has 1 amide bonds. The molecule has 1 saturated heterocycles. The van der Waals surface area contributed by atoms with Crippen LogP contribution in [0, 0.1) is 11.3 Å². The molecule has 0 unspecified atom stereocenters. The Morgan fingerprint density at radius 2 is 2.00 bits per heavy atom. The number of hydrogen-bond acceptors (Lipinski definition) is 4. The fourth-order valence-electron chi connectivity index (χ4n) is 3.40. The number of pyridine rings is 2. The molecule has 0 radical (unpaired) electrons. The number of nitrogens with zero attached hydrogens (tertiary/aromatic N) is 3. The van der Waals surface area contributed by atoms with Gasteiger partial charge < -0.3 is 10.0 Å². The van der Waals surface area contributed by atoms with Crippen LogP contribution in [0.1, 0.15) is 43.1 Å². The number of rotatable bonds is 4. The number of aromatic carboxylic acids is 1. The molecular weight excluding hydrogens is 342 g/mol. The summed E-state index contributed by atoms with van der Waals surface area (Å²) >= 11 is 0. The molecule has 0 aliphatic carbocycles. The number of aromatic nitrogens is 2. The van der Waals surface area contributed by atoms with Crippen molar-refractivity contribution in [2.45, 2.75) is 33.6 Å². The maximum Gasteiger partial charge on any atom is 0.337 e. The number of carbonyl (C=O) groups is 2. The van der Waals surface area contributed by atoms with Crippen molar-refractivity contribution in [3.05, 3.63) is 47.9 Å². The first-order valence-electron chi connectivity index (χ1n) is 9.17. The SMILES string of the molecule is CC(C)(C)C(=O)N1CC[C@H](Cc2ccc(-c3cncc(C(=O)O)c3)nc2)C1. The Bertz CT molecular complexity index is 840. The molecular formula is C21H25N3O3. The van der Waals surface area contributed by atoms with Crippen LogP contribution in [0.3, 0.4) is 0 Å². The maximum atomic E-state index is 12.4. The molecule has 6 nitrogen and oxygen atoms in total. The lowest BCUT2D eigenvalue weighted by molar-refractivity contribution is -0.138. The Morgan fingerprint density at radius 1 is 1.22 bits per heavy atom. The molecule has 1 N–H and O–H groups in total. The zero-order chi connectivity index (χ0) is 19.6. The van der Waals surface area contributed by atoms with Crippen molar-refractivity contribution < 1.29 is 14.7 Å². The van der Waals surface area contributed by atoms with Crippen LogP contribution in [0.2, 0.25) is 0 Å². The highest BCUT2D eigenvalue weighted by atomic mass is 16.4. The van der Waals surface area contributed by atoms with E-state index in [1.807, 2.05) is 44.0 Å². The lowest BCUT2D eigenvalue weighted by atomic mass is 9.95. The van der Waals surface area contributed by atoms with Gasteiger partial charge in [0.2, 0.25) is 5.91 Å². The molecule has 0 spiro atoms. The third-order valence-electron chi connectivity index (χ3n) is 4.84. The molecule has 1 atom stereocenters. The monoisotopic (exact) mass is 367 g/mol. The van der Waals surface area contributed by atoms with Crippen LogP contribution in [0.5, 0.6) is 0 Å². The van der Waals surface area contributed by atoms with Crippen LogP contribution in [0.4, 0.5) is 0 Å². The highest BCUT2D eigenvalue weighted by molar-refractivity contribution is 5.88. The predicted molar refractivity (Wildman–Crippen MR) is 102 cm³/mol. The molecule has 2 aromatic heterocycles. The molecule has 3 heterocycles. The van der Waals surface area contributed by atoms with E-state index in [1.54, 1.807) is 12.3 Å². The molecule has 3 rings (SSSR count). The van der Waals surface area contributed by atoms with Crippen LogP contribution in [-0.4, -0.2) is 44.9 Å². The normalized spacial score (nSPS) is 17.1. The maximum absolute atomic E-state index is 12.4. The summed E-state index contributed by atoms with van der Waals surface area (Å²) in [4.78, 5) is 33.9. The van der Waals surface area contributed by atoms with Crippen LogP contribution in [-0.2, 0) is 11.2 Å². The van der Waals surface area contributed by atoms with Crippen molar-refractivity contribution in [2.24, 2.45) is 11.3 Å². The highest BCUT2D eigenvalue weighted by Crippen LogP contribution is 2.26. The minimum absolute atomic E-state index is 0.146. The van der Waals surface area contributed by atoms with E-state index in [-0.39, 0.29) is 16.9 Å². The Labute approximate surface area is 159 Å². The van der Waals surface area contributed by atoms with Gasteiger partial charge in [-0.05, 0) is 36.5 Å². The van der Waals surface area contributed by atoms with Gasteiger partial charge in [0, 0.05) is 42.7 Å². The van der Waals surface area contributed by atoms with E-state index in [4.69, 9.17) is 5.11 Å². The van der Waals surface area contributed by atoms with Crippen LogP contribution in [0.25, 0.3) is 11.3 Å². The Hall–Kier alpha value is -2.76. The van der Waals surface area contributed by atoms with Crippen LogP contribution >= 0.6 is 0 Å². The average Bonchev–Trinajstić information content (AvgIpc) is 3.09. The second-order valence-corrected chi connectivity index (χ2v) is 8.18. The summed E-state index contributed by atoms with van der Waals surface area (Å²) in [7, 11) is 0. The molecule has 0 saturated carbocycles. The molecule has 6 heteroatoms. The molecule has 0 aromatic carbocycles. The van der Waals surface area contributed by atoms with Gasteiger partial charge in [-0.1, -0.05) is 26.8 Å². The molecule has 1 fully saturated rings. The van der Waals surface area contributed by atoms with Gasteiger partial charge in [0.05, 0.1) is 11.3 Å². The summed E-state index contributed by atoms with van der Waals surface area (Å²) < 4.78 is 0. The first kappa shape index (κ1) is 19.0. The van der Waals surface area contributed by atoms with E-state index in [1.165, 1.54) is 6.20 Å². The predicted octanol–water partition coefficient (Wildman–Crippen LogP) is 3.28. The largest absolute Gasteiger partial charge is 0.478 e. The van der Waals surface area contributed by atoms with E-state index in [0.29, 0.717) is 17.2 Å². The first-order valence-corrected chi connectivity index (χ1v) is 9.17. The van der Waals surface area contributed by atoms with Crippen molar-refractivity contribution in [2.75, 3.05) is 13.1 Å². The Morgan fingerprint density at radius 3 is 2.63 bits per heavy atom. The van der Waals surface area contributed by atoms with Gasteiger partial charge in [0.1, 0.15) is 0 Å². The molecule has 142 valence electrons. The average molecular weight is 367 g/mol. The molecule has 1 aliphatic heterocycles. The summed E-state index contributed by atoms with van der Waals surface area (Å²) in [6.07, 6.45) is 6.66. The fourth-order valence-corrected chi connectivity index (χ4v) is 3.40. The second-order valence-electron chi connectivity index (χ2n) is 8.18. The lowest BCUT2D eigenvalue weighted by Crippen LogP contribution is -2.38. The Kier molecular flexibility index (Phi) is 5.26. The standard InChI is InChI=1S/C21H25N3O3/c1-21(2,3)20(27)24-7-6-15(13-24)8-14-4-5-18(23-10-14)16-9-17(19(25)26)12-22-11-16/h4-5,9-12,15H,6-8,13H2,1-3H3,(H,25,26)/t15-/m1/s1. The van der Waals surface area contributed by atoms with Gasteiger partial charge in [-0.3, -0.25) is 14.8 Å². The second kappa shape index (κ2) is 7.47. The number of likely N-dealkylation sites (tertiary alicyclic amines) is 1. The minimum atomic E-state index is -1.00. The Balaban J connectivity index is 1.64. The van der Waals surface area contributed by atoms with Crippen LogP contribution in [0.15, 0.2) is 36.8 Å². The minimum Gasteiger partial charge on any atom is -0.478 e. The van der Waals surface area contributed by atoms with Gasteiger partial charge in [-0.15, -0.1) is 0 Å². The zero-order valence-electron chi connectivity index (χ0n) is 16.0. The third-order valence-corrected chi connectivity index (χ3v) is 4.84. The van der Waals surface area contributed by atoms with Gasteiger partial charge in [0.15, 0.2) is 0 Å². The summed E-state index contributed by atoms with van der Waals surface area (Å²) in [5.41, 5.74) is 2.31. The van der Waals surface area contributed by atoms with Gasteiger partial charge in [0.25, 0.3) is 0 Å². The summed E-state index contributed by atoms with van der Waals surface area (Å²) in [6.45, 7) is 7.49. The van der Waals surface area contributed by atoms with Gasteiger partial charge in [-0.25, -0.2) is 4.79 Å². The zero-order valence-corrected chi connectivity index (χ0v) is 16.0. The van der Waals surface area contributed by atoms with Crippen molar-refractivity contribution >= 4 is 11.9 Å².